The monoisotopic (exact) mass is 825 g/mol. The number of carbonyl (C=O) groups is 1. The van der Waals surface area contributed by atoms with Gasteiger partial charge in [0.1, 0.15) is 22.7 Å². The van der Waals surface area contributed by atoms with Gasteiger partial charge in [0.25, 0.3) is 0 Å². The van der Waals surface area contributed by atoms with Crippen molar-refractivity contribution in [1.82, 2.24) is 39.6 Å². The van der Waals surface area contributed by atoms with Crippen LogP contribution in [0.1, 0.15) is 53.4 Å². The Hall–Kier alpha value is -7.72. The van der Waals surface area contributed by atoms with Gasteiger partial charge in [-0.05, 0) is 74.3 Å². The Labute approximate surface area is 367 Å². The Morgan fingerprint density at radius 3 is 1.81 bits per heavy atom. The van der Waals surface area contributed by atoms with Gasteiger partial charge in [0, 0.05) is 31.6 Å². The lowest BCUT2D eigenvalue weighted by molar-refractivity contribution is 0.192. The predicted octanol–water partition coefficient (Wildman–Crippen LogP) is 10.4. The van der Waals surface area contributed by atoms with Crippen molar-refractivity contribution >= 4 is 23.0 Å². The molecule has 63 heavy (non-hydrogen) atoms. The molecule has 0 aliphatic carbocycles. The summed E-state index contributed by atoms with van der Waals surface area (Å²) in [4.78, 5) is 27.8. The number of carbonyl (C=O) groups excluding carboxylic acids is 1. The maximum absolute atomic E-state index is 13.8. The van der Waals surface area contributed by atoms with Crippen LogP contribution in [0.3, 0.4) is 0 Å². The molecule has 2 amide bonds. The lowest BCUT2D eigenvalue weighted by atomic mass is 9.77. The molecule has 310 valence electrons. The zero-order chi connectivity index (χ0) is 42.6. The summed E-state index contributed by atoms with van der Waals surface area (Å²) in [5, 5.41) is 13.9. The molecule has 1 fully saturated rings. The summed E-state index contributed by atoms with van der Waals surface area (Å²) in [6.45, 7) is 4.68. The van der Waals surface area contributed by atoms with Gasteiger partial charge in [0.2, 0.25) is 0 Å². The van der Waals surface area contributed by atoms with Gasteiger partial charge in [0.05, 0.1) is 6.54 Å². The first-order valence-electron chi connectivity index (χ1n) is 21.7. The molecule has 3 aromatic heterocycles. The van der Waals surface area contributed by atoms with Gasteiger partial charge in [-0.15, -0.1) is 5.10 Å². The number of pyridine rings is 1. The Balaban J connectivity index is 0.992. The summed E-state index contributed by atoms with van der Waals surface area (Å²) < 4.78 is 4.20. The second-order valence-corrected chi connectivity index (χ2v) is 16.0. The van der Waals surface area contributed by atoms with E-state index in [1.54, 1.807) is 0 Å². The van der Waals surface area contributed by atoms with E-state index in [2.05, 4.69) is 144 Å². The molecule has 0 N–H and O–H groups in total. The highest BCUT2D eigenvalue weighted by Gasteiger charge is 2.42. The number of aryl methyl sites for hydroxylation is 1. The van der Waals surface area contributed by atoms with Crippen LogP contribution in [0.2, 0.25) is 0 Å². The molecule has 0 radical (unpaired) electrons. The Bertz CT molecular complexity index is 2870. The van der Waals surface area contributed by atoms with E-state index in [4.69, 9.17) is 20.3 Å². The molecular weight excluding hydrogens is 779 g/mol. The fraction of sp³-hybridized carbons (Fsp3) is 0.170. The summed E-state index contributed by atoms with van der Waals surface area (Å²) in [5.74, 6) is 2.28. The van der Waals surface area contributed by atoms with Crippen molar-refractivity contribution in [1.29, 1.82) is 0 Å². The van der Waals surface area contributed by atoms with E-state index in [1.165, 1.54) is 0 Å². The highest BCUT2D eigenvalue weighted by atomic mass is 16.2. The third-order valence-corrected chi connectivity index (χ3v) is 12.1. The van der Waals surface area contributed by atoms with Gasteiger partial charge in [-0.25, -0.2) is 19.4 Å². The zero-order valence-electron chi connectivity index (χ0n) is 35.2. The Morgan fingerprint density at radius 2 is 1.17 bits per heavy atom. The molecule has 0 atom stereocenters. The van der Waals surface area contributed by atoms with Gasteiger partial charge in [-0.2, -0.15) is 0 Å². The van der Waals surface area contributed by atoms with Crippen molar-refractivity contribution in [2.45, 2.75) is 44.8 Å². The molecule has 0 unspecified atom stereocenters. The first kappa shape index (κ1) is 39.4. The average Bonchev–Trinajstić information content (AvgIpc) is 3.97. The van der Waals surface area contributed by atoms with Crippen LogP contribution in [0, 0.1) is 0 Å². The minimum Gasteiger partial charge on any atom is -0.320 e. The fourth-order valence-corrected chi connectivity index (χ4v) is 9.10. The second kappa shape index (κ2) is 17.3. The maximum atomic E-state index is 13.8. The lowest BCUT2D eigenvalue weighted by Crippen LogP contribution is -2.49. The van der Waals surface area contributed by atoms with E-state index in [1.807, 2.05) is 69.1 Å². The molecule has 0 bridgehead atoms. The van der Waals surface area contributed by atoms with E-state index in [0.29, 0.717) is 31.3 Å². The van der Waals surface area contributed by atoms with Crippen LogP contribution in [-0.4, -0.2) is 58.8 Å². The Morgan fingerprint density at radius 1 is 0.587 bits per heavy atom. The minimum atomic E-state index is -0.875. The van der Waals surface area contributed by atoms with Crippen LogP contribution < -0.4 is 4.90 Å². The third kappa shape index (κ3) is 7.43. The quantitative estimate of drug-likeness (QED) is 0.107. The number of urea groups is 1. The first-order valence-corrected chi connectivity index (χ1v) is 21.7. The van der Waals surface area contributed by atoms with Gasteiger partial charge in [-0.1, -0.05) is 177 Å². The number of benzene rings is 6. The van der Waals surface area contributed by atoms with Crippen LogP contribution >= 0.6 is 0 Å². The summed E-state index contributed by atoms with van der Waals surface area (Å²) in [6.07, 6.45) is 2.64. The summed E-state index contributed by atoms with van der Waals surface area (Å²) in [6, 6.07) is 62.5. The number of hydrogen-bond acceptors (Lipinski definition) is 6. The largest absolute Gasteiger partial charge is 0.325 e. The van der Waals surface area contributed by atoms with E-state index < -0.39 is 5.54 Å². The molecule has 1 saturated heterocycles. The third-order valence-electron chi connectivity index (χ3n) is 12.1. The predicted molar refractivity (Wildman–Crippen MR) is 248 cm³/mol. The van der Waals surface area contributed by atoms with E-state index in [9.17, 15) is 4.79 Å². The van der Waals surface area contributed by atoms with Crippen LogP contribution in [-0.2, 0) is 25.0 Å². The fourth-order valence-electron chi connectivity index (χ4n) is 9.10. The van der Waals surface area contributed by atoms with Crippen molar-refractivity contribution < 1.29 is 4.79 Å². The molecule has 6 aromatic carbocycles. The number of aromatic nitrogens is 7. The molecule has 10 nitrogen and oxygen atoms in total. The van der Waals surface area contributed by atoms with E-state index >= 15 is 0 Å². The number of amides is 2. The summed E-state index contributed by atoms with van der Waals surface area (Å²) in [5.41, 5.74) is 9.07. The molecule has 1 aliphatic rings. The molecule has 1 aliphatic heterocycles. The molecule has 0 saturated carbocycles. The van der Waals surface area contributed by atoms with Crippen molar-refractivity contribution in [2.75, 3.05) is 18.0 Å². The molecule has 0 spiro atoms. The Kier molecular flexibility index (Phi) is 10.8. The van der Waals surface area contributed by atoms with Gasteiger partial charge in [0.15, 0.2) is 11.5 Å². The number of tetrazole rings is 1. The summed E-state index contributed by atoms with van der Waals surface area (Å²) >= 11 is 0. The highest BCUT2D eigenvalue weighted by Crippen LogP contribution is 2.43. The van der Waals surface area contributed by atoms with Crippen LogP contribution in [0.25, 0.3) is 33.7 Å². The highest BCUT2D eigenvalue weighted by molar-refractivity contribution is 5.93. The number of rotatable bonds is 13. The molecular formula is C53H47N9O. The van der Waals surface area contributed by atoms with Crippen molar-refractivity contribution in [2.24, 2.45) is 0 Å². The van der Waals surface area contributed by atoms with Crippen molar-refractivity contribution in [3.63, 3.8) is 0 Å². The maximum Gasteiger partial charge on any atom is 0.325 e. The SMILES string of the molecule is CCCc1nc2ccc(N3CCCN(Cc4ccccc4)C3=O)nc2n1Cc1ccc(-c2ccccc2-c2nnnn2C(c2ccccc2)(c2ccccc2)c2ccccc2)cc1. The topological polar surface area (TPSA) is 97.9 Å². The average molecular weight is 826 g/mol. The molecule has 10 rings (SSSR count). The normalized spacial score (nSPS) is 13.2. The standard InChI is InChI=1S/C53H47N9O/c1-2-18-48-54-47-33-34-49(60-36-17-35-59(52(60)63)37-39-19-7-3-8-20-39)55-51(47)61(48)38-40-29-31-41(32-30-40)45-27-15-16-28-46(45)50-56-57-58-62(50)53(42-21-9-4-10-22-42,43-23-11-5-12-24-43)44-25-13-6-14-26-44/h3-16,19-34H,2,17-18,35-38H2,1H3. The van der Waals surface area contributed by atoms with Gasteiger partial charge >= 0.3 is 6.03 Å². The zero-order valence-corrected chi connectivity index (χ0v) is 35.2. The lowest BCUT2D eigenvalue weighted by Gasteiger charge is -2.36. The number of anilines is 1. The van der Waals surface area contributed by atoms with Gasteiger partial charge < -0.3 is 9.47 Å². The number of nitrogens with zero attached hydrogens (tertiary/aromatic N) is 9. The smallest absolute Gasteiger partial charge is 0.320 e. The minimum absolute atomic E-state index is 0.0208. The van der Waals surface area contributed by atoms with Gasteiger partial charge in [-0.3, -0.25) is 4.90 Å². The van der Waals surface area contributed by atoms with Crippen molar-refractivity contribution in [3.05, 3.63) is 216 Å². The summed E-state index contributed by atoms with van der Waals surface area (Å²) in [7, 11) is 0. The molecule has 9 aromatic rings. The molecule has 4 heterocycles. The van der Waals surface area contributed by atoms with Crippen LogP contribution in [0.15, 0.2) is 182 Å². The van der Waals surface area contributed by atoms with Crippen LogP contribution in [0.4, 0.5) is 10.6 Å². The van der Waals surface area contributed by atoms with E-state index in [-0.39, 0.29) is 6.03 Å². The van der Waals surface area contributed by atoms with Crippen molar-refractivity contribution in [3.8, 4) is 22.5 Å². The first-order chi connectivity index (χ1) is 31.1. The number of fused-ring (bicyclic) bond motifs is 1. The van der Waals surface area contributed by atoms with E-state index in [0.717, 1.165) is 87.3 Å². The number of hydrogen-bond donors (Lipinski definition) is 0. The van der Waals surface area contributed by atoms with Crippen LogP contribution in [0.5, 0.6) is 0 Å². The second-order valence-electron chi connectivity index (χ2n) is 16.0. The number of imidazole rings is 1. The molecule has 10 heteroatoms.